The van der Waals surface area contributed by atoms with Crippen LogP contribution in [0.5, 0.6) is 0 Å². The summed E-state index contributed by atoms with van der Waals surface area (Å²) >= 11 is 0. The maximum absolute atomic E-state index is 2.45. The van der Waals surface area contributed by atoms with Gasteiger partial charge in [-0.25, -0.2) is 0 Å². The van der Waals surface area contributed by atoms with Gasteiger partial charge in [-0.15, -0.1) is 0 Å². The molecule has 2 heteroatoms. The van der Waals surface area contributed by atoms with Gasteiger partial charge < -0.3 is 9.80 Å². The molecule has 48 heavy (non-hydrogen) atoms. The summed E-state index contributed by atoms with van der Waals surface area (Å²) < 4.78 is 0. The Morgan fingerprint density at radius 1 is 0.208 bits per heavy atom. The Morgan fingerprint density at radius 3 is 0.729 bits per heavy atom. The zero-order valence-corrected chi connectivity index (χ0v) is 26.4. The number of nitrogens with zero attached hydrogens (tertiary/aromatic N) is 2. The Kier molecular flexibility index (Phi) is 6.84. The van der Waals surface area contributed by atoms with Crippen LogP contribution in [0.2, 0.25) is 0 Å². The van der Waals surface area contributed by atoms with Crippen molar-refractivity contribution in [3.8, 4) is 0 Å². The predicted molar refractivity (Wildman–Crippen MR) is 206 cm³/mol. The molecule has 9 aromatic carbocycles. The third-order valence-corrected chi connectivity index (χ3v) is 9.35. The van der Waals surface area contributed by atoms with Crippen LogP contribution in [0.25, 0.3) is 43.1 Å². The second kappa shape index (κ2) is 11.8. The summed E-state index contributed by atoms with van der Waals surface area (Å²) in [7, 11) is 0. The van der Waals surface area contributed by atoms with E-state index in [9.17, 15) is 0 Å². The van der Waals surface area contributed by atoms with Gasteiger partial charge in [0.25, 0.3) is 0 Å². The van der Waals surface area contributed by atoms with Crippen molar-refractivity contribution in [3.05, 3.63) is 194 Å². The molecule has 0 atom stereocenters. The Balaban J connectivity index is 1.58. The van der Waals surface area contributed by atoms with Gasteiger partial charge in [-0.3, -0.25) is 0 Å². The fourth-order valence-corrected chi connectivity index (χ4v) is 7.39. The first-order valence-corrected chi connectivity index (χ1v) is 16.5. The molecule has 0 spiro atoms. The van der Waals surface area contributed by atoms with Crippen molar-refractivity contribution in [1.82, 2.24) is 0 Å². The molecule has 0 N–H and O–H groups in total. The topological polar surface area (TPSA) is 6.48 Å². The normalized spacial score (nSPS) is 11.3. The molecule has 0 fully saturated rings. The molecule has 9 rings (SSSR count). The van der Waals surface area contributed by atoms with Gasteiger partial charge >= 0.3 is 0 Å². The zero-order valence-electron chi connectivity index (χ0n) is 26.4. The van der Waals surface area contributed by atoms with E-state index < -0.39 is 0 Å². The van der Waals surface area contributed by atoms with Crippen molar-refractivity contribution >= 4 is 77.2 Å². The highest BCUT2D eigenvalue weighted by molar-refractivity contribution is 6.37. The summed E-state index contributed by atoms with van der Waals surface area (Å²) in [5.74, 6) is 0. The van der Waals surface area contributed by atoms with Crippen LogP contribution in [0.4, 0.5) is 34.1 Å². The van der Waals surface area contributed by atoms with Crippen LogP contribution in [0.15, 0.2) is 194 Å². The molecule has 226 valence electrons. The first-order valence-electron chi connectivity index (χ1n) is 16.5. The minimum atomic E-state index is 1.11. The standard InChI is InChI=1S/C46H32N2/c1-5-19-33(20-6-1)47(34-21-7-2-8-22-34)45-41-31-17-18-32-42(41)46(48(35-23-9-3-10-24-35)36-25-11-4-12-26-36)44-40-30-16-14-28-38(40)37-27-13-15-29-39(37)43(44)45/h1-32H. The Morgan fingerprint density at radius 2 is 0.438 bits per heavy atom. The SMILES string of the molecule is c1ccc(N(c2ccccc2)c2c3ccccc3c(N(c3ccccc3)c3ccccc3)c3c4ccccc4c4ccccc4c23)cc1. The van der Waals surface area contributed by atoms with E-state index in [-0.39, 0.29) is 0 Å². The third-order valence-electron chi connectivity index (χ3n) is 9.35. The first-order chi connectivity index (χ1) is 23.9. The van der Waals surface area contributed by atoms with Crippen LogP contribution in [0.3, 0.4) is 0 Å². The summed E-state index contributed by atoms with van der Waals surface area (Å²) in [4.78, 5) is 4.90. The van der Waals surface area contributed by atoms with E-state index in [1.165, 1.54) is 54.5 Å². The monoisotopic (exact) mass is 612 g/mol. The molecule has 0 aliphatic rings. The number of fused-ring (bicyclic) bond motifs is 7. The molecular formula is C46H32N2. The number of anilines is 6. The molecule has 2 nitrogen and oxygen atoms in total. The lowest BCUT2D eigenvalue weighted by Gasteiger charge is -2.33. The van der Waals surface area contributed by atoms with Crippen molar-refractivity contribution in [2.24, 2.45) is 0 Å². The predicted octanol–water partition coefficient (Wildman–Crippen LogP) is 13.2. The lowest BCUT2D eigenvalue weighted by molar-refractivity contribution is 1.30. The fraction of sp³-hybridized carbons (Fsp3) is 0. The molecule has 0 radical (unpaired) electrons. The minimum absolute atomic E-state index is 1.11. The van der Waals surface area contributed by atoms with Crippen LogP contribution in [0, 0.1) is 0 Å². The molecule has 0 unspecified atom stereocenters. The molecule has 0 aliphatic heterocycles. The van der Waals surface area contributed by atoms with Gasteiger partial charge in [-0.05, 0) is 70.1 Å². The molecule has 9 aromatic rings. The van der Waals surface area contributed by atoms with Gasteiger partial charge in [0.1, 0.15) is 0 Å². The lowest BCUT2D eigenvalue weighted by Crippen LogP contribution is -2.15. The lowest BCUT2D eigenvalue weighted by atomic mass is 9.88. The highest BCUT2D eigenvalue weighted by Crippen LogP contribution is 2.54. The van der Waals surface area contributed by atoms with Gasteiger partial charge in [0.2, 0.25) is 0 Å². The van der Waals surface area contributed by atoms with Crippen molar-refractivity contribution in [2.45, 2.75) is 0 Å². The van der Waals surface area contributed by atoms with Gasteiger partial charge in [-0.2, -0.15) is 0 Å². The second-order valence-corrected chi connectivity index (χ2v) is 12.1. The van der Waals surface area contributed by atoms with Crippen LogP contribution in [-0.2, 0) is 0 Å². The summed E-state index contributed by atoms with van der Waals surface area (Å²) in [5, 5.41) is 9.77. The van der Waals surface area contributed by atoms with E-state index in [0.29, 0.717) is 0 Å². The van der Waals surface area contributed by atoms with E-state index in [1.54, 1.807) is 0 Å². The molecule has 0 bridgehead atoms. The number of benzene rings is 9. The average molecular weight is 613 g/mol. The number of rotatable bonds is 6. The third kappa shape index (κ3) is 4.50. The van der Waals surface area contributed by atoms with E-state index in [1.807, 2.05) is 0 Å². The summed E-state index contributed by atoms with van der Waals surface area (Å²) in [6.07, 6.45) is 0. The van der Waals surface area contributed by atoms with Gasteiger partial charge in [0, 0.05) is 44.3 Å². The highest BCUT2D eigenvalue weighted by Gasteiger charge is 2.28. The summed E-state index contributed by atoms with van der Waals surface area (Å²) in [6, 6.07) is 69.9. The highest BCUT2D eigenvalue weighted by atomic mass is 15.2. The molecule has 0 aliphatic carbocycles. The van der Waals surface area contributed by atoms with Crippen LogP contribution >= 0.6 is 0 Å². The van der Waals surface area contributed by atoms with Gasteiger partial charge in [-0.1, -0.05) is 146 Å². The summed E-state index contributed by atoms with van der Waals surface area (Å²) in [5.41, 5.74) is 6.80. The maximum Gasteiger partial charge on any atom is 0.0626 e. The zero-order chi connectivity index (χ0) is 31.9. The molecule has 0 aromatic heterocycles. The van der Waals surface area contributed by atoms with Crippen molar-refractivity contribution in [3.63, 3.8) is 0 Å². The molecule has 0 saturated heterocycles. The van der Waals surface area contributed by atoms with Gasteiger partial charge in [0.05, 0.1) is 11.4 Å². The average Bonchev–Trinajstić information content (AvgIpc) is 3.17. The van der Waals surface area contributed by atoms with Crippen LogP contribution in [-0.4, -0.2) is 0 Å². The van der Waals surface area contributed by atoms with Crippen molar-refractivity contribution in [1.29, 1.82) is 0 Å². The quantitative estimate of drug-likeness (QED) is 0.105. The Hall–Kier alpha value is -6.38. The molecule has 0 heterocycles. The molecular weight excluding hydrogens is 581 g/mol. The largest absolute Gasteiger partial charge is 0.309 e. The van der Waals surface area contributed by atoms with Crippen molar-refractivity contribution < 1.29 is 0 Å². The maximum atomic E-state index is 2.45. The van der Waals surface area contributed by atoms with E-state index in [2.05, 4.69) is 204 Å². The number of para-hydroxylation sites is 4. The Bertz CT molecular complexity index is 2290. The first kappa shape index (κ1) is 27.9. The number of hydrogen-bond donors (Lipinski definition) is 0. The minimum Gasteiger partial charge on any atom is -0.309 e. The number of hydrogen-bond acceptors (Lipinski definition) is 2. The smallest absolute Gasteiger partial charge is 0.0626 e. The van der Waals surface area contributed by atoms with Crippen LogP contribution < -0.4 is 9.80 Å². The Labute approximate surface area is 280 Å². The molecule has 0 saturated carbocycles. The van der Waals surface area contributed by atoms with Crippen molar-refractivity contribution in [2.75, 3.05) is 9.80 Å². The van der Waals surface area contributed by atoms with E-state index >= 15 is 0 Å². The fourth-order valence-electron chi connectivity index (χ4n) is 7.39. The van der Waals surface area contributed by atoms with Crippen LogP contribution in [0.1, 0.15) is 0 Å². The van der Waals surface area contributed by atoms with E-state index in [4.69, 9.17) is 0 Å². The van der Waals surface area contributed by atoms with E-state index in [0.717, 1.165) is 22.7 Å². The van der Waals surface area contributed by atoms with Gasteiger partial charge in [0.15, 0.2) is 0 Å². The molecule has 0 amide bonds. The second-order valence-electron chi connectivity index (χ2n) is 12.1. The summed E-state index contributed by atoms with van der Waals surface area (Å²) in [6.45, 7) is 0.